The Hall–Kier alpha value is -3.13. The summed E-state index contributed by atoms with van der Waals surface area (Å²) in [5.41, 5.74) is 0.318. The second-order valence-electron chi connectivity index (χ2n) is 4.70. The maximum Gasteiger partial charge on any atom is 0.360 e. The lowest BCUT2D eigenvalue weighted by molar-refractivity contribution is 0.0594. The molecule has 2 heterocycles. The number of nitrogens with zero attached hydrogens (tertiary/aromatic N) is 3. The zero-order chi connectivity index (χ0) is 17.3. The van der Waals surface area contributed by atoms with Gasteiger partial charge in [-0.3, -0.25) is 4.79 Å². The van der Waals surface area contributed by atoms with Crippen LogP contribution in [0.25, 0.3) is 17.0 Å². The summed E-state index contributed by atoms with van der Waals surface area (Å²) in [5.74, 6) is -0.964. The number of hydrogen-bond donors (Lipinski definition) is 1. The van der Waals surface area contributed by atoms with Crippen LogP contribution in [0.1, 0.15) is 10.5 Å². The highest BCUT2D eigenvalue weighted by atomic mass is 35.5. The molecule has 0 saturated heterocycles. The molecule has 0 radical (unpaired) electrons. The van der Waals surface area contributed by atoms with Crippen LogP contribution < -0.4 is 5.43 Å². The molecule has 0 aliphatic carbocycles. The monoisotopic (exact) mass is 347 g/mol. The maximum absolute atomic E-state index is 11.6. The molecular weight excluding hydrogens is 338 g/mol. The van der Waals surface area contributed by atoms with Crippen molar-refractivity contribution in [1.29, 1.82) is 0 Å². The molecule has 0 unspecified atom stereocenters. The van der Waals surface area contributed by atoms with Crippen molar-refractivity contribution in [3.05, 3.63) is 57.7 Å². The summed E-state index contributed by atoms with van der Waals surface area (Å²) < 4.78 is 11.2. The quantitative estimate of drug-likeness (QED) is 0.722. The Kier molecular flexibility index (Phi) is 4.05. The first kappa shape index (κ1) is 15.8. The Morgan fingerprint density at radius 2 is 2.17 bits per heavy atom. The van der Waals surface area contributed by atoms with Gasteiger partial charge in [-0.15, -0.1) is 5.10 Å². The molecule has 0 spiro atoms. The van der Waals surface area contributed by atoms with Crippen molar-refractivity contribution in [2.45, 2.75) is 0 Å². The Bertz CT molecular complexity index is 979. The summed E-state index contributed by atoms with van der Waals surface area (Å²) in [6.07, 6.45) is 2.31. The maximum atomic E-state index is 11.6. The smallest absolute Gasteiger partial charge is 0.360 e. The lowest BCUT2D eigenvalue weighted by atomic mass is 10.1. The average Bonchev–Trinajstić information content (AvgIpc) is 3.06. The molecule has 0 aliphatic heterocycles. The molecule has 3 rings (SSSR count). The van der Waals surface area contributed by atoms with Crippen molar-refractivity contribution in [3.8, 4) is 22.8 Å². The van der Waals surface area contributed by atoms with E-state index in [1.807, 2.05) is 0 Å². The van der Waals surface area contributed by atoms with Crippen LogP contribution in [0, 0.1) is 0 Å². The van der Waals surface area contributed by atoms with Gasteiger partial charge in [0.1, 0.15) is 12.0 Å². The molecule has 0 aliphatic rings. The van der Waals surface area contributed by atoms with Crippen LogP contribution in [-0.2, 0) is 4.74 Å². The summed E-state index contributed by atoms with van der Waals surface area (Å²) in [6, 6.07) is 5.92. The number of carbonyl (C=O) groups excluding carboxylic acids is 1. The number of aromatic nitrogens is 3. The number of halogens is 1. The number of carbonyl (C=O) groups is 1. The third-order valence-electron chi connectivity index (χ3n) is 3.17. The van der Waals surface area contributed by atoms with E-state index >= 15 is 0 Å². The van der Waals surface area contributed by atoms with Gasteiger partial charge in [-0.1, -0.05) is 16.8 Å². The largest absolute Gasteiger partial charge is 0.502 e. The van der Waals surface area contributed by atoms with Crippen molar-refractivity contribution >= 4 is 17.6 Å². The van der Waals surface area contributed by atoms with Crippen LogP contribution in [-0.4, -0.2) is 33.2 Å². The molecule has 0 saturated carbocycles. The Morgan fingerprint density at radius 1 is 1.38 bits per heavy atom. The molecule has 122 valence electrons. The molecule has 1 aromatic carbocycles. The average molecular weight is 348 g/mol. The van der Waals surface area contributed by atoms with Crippen molar-refractivity contribution in [3.63, 3.8) is 0 Å². The van der Waals surface area contributed by atoms with Crippen LogP contribution in [0.4, 0.5) is 0 Å². The Balaban J connectivity index is 2.15. The molecule has 1 N–H and O–H groups in total. The summed E-state index contributed by atoms with van der Waals surface area (Å²) in [4.78, 5) is 23.1. The third-order valence-corrected chi connectivity index (χ3v) is 3.41. The minimum absolute atomic E-state index is 0.0190. The van der Waals surface area contributed by atoms with Gasteiger partial charge in [-0.2, -0.15) is 0 Å². The van der Waals surface area contributed by atoms with Crippen LogP contribution >= 0.6 is 11.6 Å². The lowest BCUT2D eigenvalue weighted by Crippen LogP contribution is -2.02. The zero-order valence-corrected chi connectivity index (χ0v) is 13.0. The summed E-state index contributed by atoms with van der Waals surface area (Å²) in [6.45, 7) is 0. The number of benzene rings is 1. The minimum atomic E-state index is -0.632. The molecule has 0 bridgehead atoms. The highest BCUT2D eigenvalue weighted by molar-refractivity contribution is 6.31. The van der Waals surface area contributed by atoms with Crippen molar-refractivity contribution < 1.29 is 19.1 Å². The first-order chi connectivity index (χ1) is 11.5. The number of aromatic hydroxyl groups is 1. The second kappa shape index (κ2) is 6.17. The van der Waals surface area contributed by atoms with Gasteiger partial charge in [0.25, 0.3) is 0 Å². The van der Waals surface area contributed by atoms with Gasteiger partial charge in [0.15, 0.2) is 11.4 Å². The van der Waals surface area contributed by atoms with Gasteiger partial charge in [0.05, 0.1) is 19.0 Å². The van der Waals surface area contributed by atoms with Crippen molar-refractivity contribution in [1.82, 2.24) is 15.0 Å². The first-order valence-electron chi connectivity index (χ1n) is 6.62. The number of esters is 1. The molecule has 9 heteroatoms. The Labute approximate surface area is 139 Å². The SMILES string of the molecule is COC(=O)c1cn(-c2ccc(Cl)cc2-c2cc(=O)c(O)co2)nn1. The van der Waals surface area contributed by atoms with Crippen molar-refractivity contribution in [2.75, 3.05) is 7.11 Å². The molecule has 0 fully saturated rings. The van der Waals surface area contributed by atoms with E-state index < -0.39 is 17.1 Å². The highest BCUT2D eigenvalue weighted by Gasteiger charge is 2.16. The molecule has 2 aromatic heterocycles. The molecule has 0 atom stereocenters. The van der Waals surface area contributed by atoms with E-state index in [4.69, 9.17) is 16.0 Å². The van der Waals surface area contributed by atoms with Gasteiger partial charge >= 0.3 is 5.97 Å². The fourth-order valence-corrected chi connectivity index (χ4v) is 2.20. The summed E-state index contributed by atoms with van der Waals surface area (Å²) in [5, 5.41) is 17.3. The van der Waals surface area contributed by atoms with Crippen molar-refractivity contribution in [2.24, 2.45) is 0 Å². The zero-order valence-electron chi connectivity index (χ0n) is 12.3. The van der Waals surface area contributed by atoms with E-state index in [2.05, 4.69) is 15.0 Å². The first-order valence-corrected chi connectivity index (χ1v) is 7.00. The van der Waals surface area contributed by atoms with Gasteiger partial charge in [-0.25, -0.2) is 9.48 Å². The fourth-order valence-electron chi connectivity index (χ4n) is 2.03. The number of rotatable bonds is 3. The van der Waals surface area contributed by atoms with Crippen LogP contribution in [0.2, 0.25) is 5.02 Å². The molecular formula is C15H10ClN3O5. The number of ether oxygens (including phenoxy) is 1. The summed E-state index contributed by atoms with van der Waals surface area (Å²) in [7, 11) is 1.24. The molecule has 0 amide bonds. The molecule has 3 aromatic rings. The minimum Gasteiger partial charge on any atom is -0.502 e. The normalized spacial score (nSPS) is 10.6. The predicted octanol–water partition coefficient (Wildman–Crippen LogP) is 2.03. The highest BCUT2D eigenvalue weighted by Crippen LogP contribution is 2.29. The second-order valence-corrected chi connectivity index (χ2v) is 5.13. The van der Waals surface area contributed by atoms with Crippen LogP contribution in [0.3, 0.4) is 0 Å². The Morgan fingerprint density at radius 3 is 2.88 bits per heavy atom. The standard InChI is InChI=1S/C15H10ClN3O5/c1-23-15(22)10-6-19(18-17-10)11-3-2-8(16)4-9(11)14-5-12(20)13(21)7-24-14/h2-7,21H,1H3. The number of hydrogen-bond acceptors (Lipinski definition) is 7. The fraction of sp³-hybridized carbons (Fsp3) is 0.0667. The van der Waals surface area contributed by atoms with E-state index in [1.165, 1.54) is 18.0 Å². The van der Waals surface area contributed by atoms with Crippen LogP contribution in [0.5, 0.6) is 5.75 Å². The van der Waals surface area contributed by atoms with E-state index in [0.717, 1.165) is 12.3 Å². The van der Waals surface area contributed by atoms with E-state index in [-0.39, 0.29) is 11.5 Å². The van der Waals surface area contributed by atoms with Gasteiger partial charge in [-0.05, 0) is 18.2 Å². The number of methoxy groups -OCH3 is 1. The lowest BCUT2D eigenvalue weighted by Gasteiger charge is -2.08. The molecule has 8 nitrogen and oxygen atoms in total. The van der Waals surface area contributed by atoms with Gasteiger partial charge < -0.3 is 14.3 Å². The van der Waals surface area contributed by atoms with Gasteiger partial charge in [0, 0.05) is 16.7 Å². The van der Waals surface area contributed by atoms with E-state index in [0.29, 0.717) is 16.3 Å². The summed E-state index contributed by atoms with van der Waals surface area (Å²) >= 11 is 6.01. The van der Waals surface area contributed by atoms with Gasteiger partial charge in [0.2, 0.25) is 5.43 Å². The van der Waals surface area contributed by atoms with Crippen LogP contribution in [0.15, 0.2) is 45.9 Å². The van der Waals surface area contributed by atoms with E-state index in [1.54, 1.807) is 18.2 Å². The topological polar surface area (TPSA) is 107 Å². The molecule has 24 heavy (non-hydrogen) atoms. The predicted molar refractivity (Wildman–Crippen MR) is 83.3 cm³/mol. The third kappa shape index (κ3) is 2.86. The van der Waals surface area contributed by atoms with E-state index in [9.17, 15) is 14.7 Å².